The molecule has 2 aromatic carbocycles. The van der Waals surface area contributed by atoms with Crippen LogP contribution in [0.1, 0.15) is 101 Å². The van der Waals surface area contributed by atoms with Gasteiger partial charge in [0, 0.05) is 19.0 Å². The number of rotatable bonds is 11. The van der Waals surface area contributed by atoms with E-state index in [2.05, 4.69) is 10.6 Å². The summed E-state index contributed by atoms with van der Waals surface area (Å²) in [6.07, 6.45) is 6.17. The summed E-state index contributed by atoms with van der Waals surface area (Å²) in [6.45, 7) is 11.7. The van der Waals surface area contributed by atoms with Crippen LogP contribution in [-0.2, 0) is 20.7 Å². The maximum Gasteiger partial charge on any atom is 0.408 e. The van der Waals surface area contributed by atoms with E-state index in [1.54, 1.807) is 49.9 Å². The molecule has 0 bridgehead atoms. The van der Waals surface area contributed by atoms with Crippen molar-refractivity contribution in [2.24, 2.45) is 0 Å². The van der Waals surface area contributed by atoms with Gasteiger partial charge in [-0.05, 0) is 82.7 Å². The van der Waals surface area contributed by atoms with Gasteiger partial charge in [-0.1, -0.05) is 68.5 Å². The van der Waals surface area contributed by atoms with Gasteiger partial charge in [-0.15, -0.1) is 0 Å². The molecule has 0 radical (unpaired) electrons. The molecule has 0 spiro atoms. The summed E-state index contributed by atoms with van der Waals surface area (Å²) in [5, 5.41) is 15.9. The Morgan fingerprint density at radius 2 is 1.69 bits per heavy atom. The van der Waals surface area contributed by atoms with Crippen molar-refractivity contribution in [1.82, 2.24) is 15.5 Å². The van der Waals surface area contributed by atoms with Crippen LogP contribution in [-0.4, -0.2) is 52.1 Å². The summed E-state index contributed by atoms with van der Waals surface area (Å²) >= 11 is 0. The lowest BCUT2D eigenvalue weighted by Crippen LogP contribution is -2.54. The van der Waals surface area contributed by atoms with Crippen molar-refractivity contribution in [3.63, 3.8) is 0 Å². The third-order valence-electron chi connectivity index (χ3n) is 7.63. The first-order valence-electron chi connectivity index (χ1n) is 15.3. The summed E-state index contributed by atoms with van der Waals surface area (Å²) < 4.78 is 5.52. The van der Waals surface area contributed by atoms with Gasteiger partial charge < -0.3 is 25.4 Å². The Balaban J connectivity index is 2.04. The maximum atomic E-state index is 14.5. The third-order valence-corrected chi connectivity index (χ3v) is 7.63. The summed E-state index contributed by atoms with van der Waals surface area (Å²) in [5.74, 6) is -0.439. The Bertz CT molecular complexity index is 1200. The van der Waals surface area contributed by atoms with Gasteiger partial charge in [-0.25, -0.2) is 4.79 Å². The second-order valence-corrected chi connectivity index (χ2v) is 12.6. The largest absolute Gasteiger partial charge is 0.508 e. The zero-order valence-electron chi connectivity index (χ0n) is 26.2. The monoisotopic (exact) mass is 579 g/mol. The van der Waals surface area contributed by atoms with E-state index in [0.717, 1.165) is 54.4 Å². The molecule has 0 aliphatic heterocycles. The Hall–Kier alpha value is -3.55. The number of ether oxygens (including phenoxy) is 1. The zero-order valence-corrected chi connectivity index (χ0v) is 26.2. The van der Waals surface area contributed by atoms with E-state index in [0.29, 0.717) is 13.0 Å². The van der Waals surface area contributed by atoms with E-state index in [4.69, 9.17) is 4.74 Å². The van der Waals surface area contributed by atoms with Crippen molar-refractivity contribution in [3.05, 3.63) is 64.7 Å². The van der Waals surface area contributed by atoms with Gasteiger partial charge in [-0.3, -0.25) is 9.59 Å². The predicted octanol–water partition coefficient (Wildman–Crippen LogP) is 6.26. The fourth-order valence-electron chi connectivity index (χ4n) is 5.52. The molecule has 8 heteroatoms. The number of phenols is 1. The van der Waals surface area contributed by atoms with Crippen molar-refractivity contribution in [3.8, 4) is 5.75 Å². The van der Waals surface area contributed by atoms with Crippen LogP contribution >= 0.6 is 0 Å². The third kappa shape index (κ3) is 9.78. The van der Waals surface area contributed by atoms with Crippen molar-refractivity contribution in [2.75, 3.05) is 6.54 Å². The summed E-state index contributed by atoms with van der Waals surface area (Å²) in [6, 6.07) is 10.7. The standard InChI is InChI=1S/C34H49N3O5/c1-7-8-20-37(30(28-19-14-23(2)21-24(28)3)31(39)35-26-12-10-9-11-13-26)32(40)29(36-33(41)42-34(4,5)6)22-25-15-17-27(38)18-16-25/h14-19,21,26,29-30,38H,7-13,20,22H2,1-6H3,(H,35,39)(H,36,41). The lowest BCUT2D eigenvalue weighted by Gasteiger charge is -2.36. The number of amides is 3. The normalized spacial score (nSPS) is 15.4. The number of phenolic OH excluding ortho intramolecular Hbond substituents is 1. The molecule has 1 aliphatic rings. The van der Waals surface area contributed by atoms with E-state index >= 15 is 0 Å². The smallest absolute Gasteiger partial charge is 0.408 e. The van der Waals surface area contributed by atoms with Crippen LogP contribution in [0.3, 0.4) is 0 Å². The molecule has 3 rings (SSSR count). The number of unbranched alkanes of at least 4 members (excludes halogenated alkanes) is 1. The predicted molar refractivity (Wildman–Crippen MR) is 165 cm³/mol. The van der Waals surface area contributed by atoms with E-state index in [1.807, 2.05) is 39.0 Å². The average Bonchev–Trinajstić information content (AvgIpc) is 2.91. The molecule has 0 heterocycles. The number of benzene rings is 2. The number of carbonyl (C=O) groups excluding carboxylic acids is 3. The molecule has 2 aromatic rings. The van der Waals surface area contributed by atoms with E-state index in [-0.39, 0.29) is 30.0 Å². The van der Waals surface area contributed by atoms with Crippen LogP contribution in [0.5, 0.6) is 5.75 Å². The quantitative estimate of drug-likeness (QED) is 0.291. The molecule has 2 atom stereocenters. The van der Waals surface area contributed by atoms with E-state index in [1.165, 1.54) is 6.42 Å². The van der Waals surface area contributed by atoms with Crippen LogP contribution in [0.2, 0.25) is 0 Å². The van der Waals surface area contributed by atoms with Gasteiger partial charge in [0.25, 0.3) is 0 Å². The summed E-state index contributed by atoms with van der Waals surface area (Å²) in [4.78, 5) is 43.3. The van der Waals surface area contributed by atoms with Crippen LogP contribution in [0, 0.1) is 13.8 Å². The van der Waals surface area contributed by atoms with Crippen LogP contribution in [0.15, 0.2) is 42.5 Å². The number of hydrogen-bond donors (Lipinski definition) is 3. The highest BCUT2D eigenvalue weighted by Gasteiger charge is 2.37. The minimum atomic E-state index is -0.989. The fraction of sp³-hybridized carbons (Fsp3) is 0.559. The SMILES string of the molecule is CCCCN(C(=O)C(Cc1ccc(O)cc1)NC(=O)OC(C)(C)C)C(C(=O)NC1CCCCC1)c1ccc(C)cc1C. The Morgan fingerprint density at radius 3 is 2.29 bits per heavy atom. The topological polar surface area (TPSA) is 108 Å². The molecule has 8 nitrogen and oxygen atoms in total. The molecule has 3 amide bonds. The van der Waals surface area contributed by atoms with Gasteiger partial charge >= 0.3 is 6.09 Å². The molecule has 2 unspecified atom stereocenters. The van der Waals surface area contributed by atoms with Gasteiger partial charge in [0.2, 0.25) is 11.8 Å². The molecule has 42 heavy (non-hydrogen) atoms. The average molecular weight is 580 g/mol. The van der Waals surface area contributed by atoms with Crippen molar-refractivity contribution >= 4 is 17.9 Å². The maximum absolute atomic E-state index is 14.5. The molecule has 3 N–H and O–H groups in total. The molecular formula is C34H49N3O5. The second-order valence-electron chi connectivity index (χ2n) is 12.6. The Morgan fingerprint density at radius 1 is 1.02 bits per heavy atom. The zero-order chi connectivity index (χ0) is 30.9. The van der Waals surface area contributed by atoms with Crippen LogP contribution < -0.4 is 10.6 Å². The molecule has 0 saturated heterocycles. The molecule has 1 aliphatic carbocycles. The molecule has 0 aromatic heterocycles. The number of aryl methyl sites for hydroxylation is 2. The lowest BCUT2D eigenvalue weighted by atomic mass is 9.93. The van der Waals surface area contributed by atoms with E-state index in [9.17, 15) is 19.5 Å². The minimum absolute atomic E-state index is 0.0790. The van der Waals surface area contributed by atoms with Crippen molar-refractivity contribution < 1.29 is 24.2 Å². The molecule has 1 fully saturated rings. The highest BCUT2D eigenvalue weighted by atomic mass is 16.6. The summed E-state index contributed by atoms with van der Waals surface area (Å²) in [7, 11) is 0. The highest BCUT2D eigenvalue weighted by molar-refractivity contribution is 5.92. The van der Waals surface area contributed by atoms with Crippen LogP contribution in [0.4, 0.5) is 4.79 Å². The second kappa shape index (κ2) is 15.1. The first kappa shape index (κ1) is 33.0. The Kier molecular flexibility index (Phi) is 11.8. The first-order chi connectivity index (χ1) is 19.9. The minimum Gasteiger partial charge on any atom is -0.508 e. The number of carbonyl (C=O) groups is 3. The number of aromatic hydroxyl groups is 1. The van der Waals surface area contributed by atoms with Gasteiger partial charge in [-0.2, -0.15) is 0 Å². The Labute approximate surface area is 251 Å². The van der Waals surface area contributed by atoms with Gasteiger partial charge in [0.15, 0.2) is 0 Å². The number of nitrogens with one attached hydrogen (secondary N) is 2. The summed E-state index contributed by atoms with van der Waals surface area (Å²) in [5.41, 5.74) is 2.79. The highest BCUT2D eigenvalue weighted by Crippen LogP contribution is 2.29. The van der Waals surface area contributed by atoms with E-state index < -0.39 is 23.8 Å². The van der Waals surface area contributed by atoms with Crippen molar-refractivity contribution in [1.29, 1.82) is 0 Å². The van der Waals surface area contributed by atoms with Gasteiger partial charge in [0.1, 0.15) is 23.4 Å². The molecule has 230 valence electrons. The number of nitrogens with zero attached hydrogens (tertiary/aromatic N) is 1. The number of alkyl carbamates (subject to hydrolysis) is 1. The van der Waals surface area contributed by atoms with Crippen LogP contribution in [0.25, 0.3) is 0 Å². The first-order valence-corrected chi connectivity index (χ1v) is 15.3. The molecular weight excluding hydrogens is 530 g/mol. The van der Waals surface area contributed by atoms with Gasteiger partial charge in [0.05, 0.1) is 0 Å². The fourth-order valence-corrected chi connectivity index (χ4v) is 5.52. The molecule has 1 saturated carbocycles. The lowest BCUT2D eigenvalue weighted by molar-refractivity contribution is -0.143. The number of hydrogen-bond acceptors (Lipinski definition) is 5. The van der Waals surface area contributed by atoms with Crippen molar-refractivity contribution in [2.45, 2.75) is 117 Å².